The van der Waals surface area contributed by atoms with Gasteiger partial charge in [0.05, 0.1) is 18.6 Å². The van der Waals surface area contributed by atoms with Crippen molar-refractivity contribution in [3.63, 3.8) is 0 Å². The van der Waals surface area contributed by atoms with E-state index in [9.17, 15) is 0 Å². The third-order valence-electron chi connectivity index (χ3n) is 2.53. The molecule has 0 aliphatic heterocycles. The molecule has 0 aliphatic carbocycles. The van der Waals surface area contributed by atoms with Gasteiger partial charge in [0.15, 0.2) is 0 Å². The van der Waals surface area contributed by atoms with Crippen LogP contribution in [-0.4, -0.2) is 14.8 Å². The summed E-state index contributed by atoms with van der Waals surface area (Å²) in [5.74, 6) is 6.43. The maximum atomic E-state index is 5.52. The number of furan rings is 1. The monoisotopic (exact) mass is 221 g/mol. The smallest absolute Gasteiger partial charge is 0.138 e. The lowest BCUT2D eigenvalue weighted by Gasteiger charge is -2.13. The van der Waals surface area contributed by atoms with Gasteiger partial charge in [-0.2, -0.15) is 5.10 Å². The highest BCUT2D eigenvalue weighted by atomic mass is 16.3. The molecule has 1 unspecified atom stereocenters. The summed E-state index contributed by atoms with van der Waals surface area (Å²) in [6.45, 7) is 2.83. The van der Waals surface area contributed by atoms with Crippen molar-refractivity contribution in [2.45, 2.75) is 25.9 Å². The minimum atomic E-state index is -0.00625. The first-order chi connectivity index (χ1) is 7.85. The fourth-order valence-corrected chi connectivity index (χ4v) is 1.64. The summed E-state index contributed by atoms with van der Waals surface area (Å²) in [6, 6.07) is 1.88. The lowest BCUT2D eigenvalue weighted by Crippen LogP contribution is -2.30. The average molecular weight is 221 g/mol. The van der Waals surface area contributed by atoms with Crippen molar-refractivity contribution in [3.8, 4) is 0 Å². The van der Waals surface area contributed by atoms with Crippen LogP contribution in [0.5, 0.6) is 0 Å². The molecule has 0 spiro atoms. The highest BCUT2D eigenvalue weighted by Crippen LogP contribution is 2.16. The summed E-state index contributed by atoms with van der Waals surface area (Å²) < 4.78 is 6.89. The van der Waals surface area contributed by atoms with Crippen LogP contribution < -0.4 is 11.3 Å². The highest BCUT2D eigenvalue weighted by molar-refractivity contribution is 5.13. The van der Waals surface area contributed by atoms with E-state index in [4.69, 9.17) is 10.3 Å². The van der Waals surface area contributed by atoms with Crippen molar-refractivity contribution in [2.75, 3.05) is 0 Å². The van der Waals surface area contributed by atoms with Crippen LogP contribution in [0.15, 0.2) is 29.3 Å². The molecule has 0 aliphatic rings. The molecule has 0 bridgehead atoms. The molecule has 2 heterocycles. The van der Waals surface area contributed by atoms with Gasteiger partial charge in [0.2, 0.25) is 0 Å². The van der Waals surface area contributed by atoms with E-state index < -0.39 is 0 Å². The van der Waals surface area contributed by atoms with Crippen LogP contribution in [0.1, 0.15) is 24.4 Å². The highest BCUT2D eigenvalue weighted by Gasteiger charge is 2.15. The SMILES string of the molecule is CCn1ncnc1CC(NN)c1ccoc1. The zero-order valence-corrected chi connectivity index (χ0v) is 9.13. The Balaban J connectivity index is 2.13. The molecule has 2 rings (SSSR count). The van der Waals surface area contributed by atoms with Gasteiger partial charge < -0.3 is 4.42 Å². The van der Waals surface area contributed by atoms with Crippen LogP contribution in [0.4, 0.5) is 0 Å². The largest absolute Gasteiger partial charge is 0.472 e. The predicted octanol–water partition coefficient (Wildman–Crippen LogP) is 0.638. The molecule has 3 N–H and O–H groups in total. The maximum Gasteiger partial charge on any atom is 0.138 e. The van der Waals surface area contributed by atoms with Crippen LogP contribution in [0.2, 0.25) is 0 Å². The average Bonchev–Trinajstić information content (AvgIpc) is 2.96. The van der Waals surface area contributed by atoms with Crippen LogP contribution in [0, 0.1) is 0 Å². The number of nitrogens with one attached hydrogen (secondary N) is 1. The van der Waals surface area contributed by atoms with Gasteiger partial charge in [-0.15, -0.1) is 0 Å². The normalized spacial score (nSPS) is 12.9. The molecule has 0 saturated heterocycles. The Morgan fingerprint density at radius 3 is 3.12 bits per heavy atom. The van der Waals surface area contributed by atoms with E-state index >= 15 is 0 Å². The number of aromatic nitrogens is 3. The summed E-state index contributed by atoms with van der Waals surface area (Å²) in [4.78, 5) is 4.21. The second-order valence-corrected chi connectivity index (χ2v) is 3.47. The number of hydrazine groups is 1. The summed E-state index contributed by atoms with van der Waals surface area (Å²) in [7, 11) is 0. The van der Waals surface area contributed by atoms with E-state index in [1.54, 1.807) is 18.9 Å². The molecule has 16 heavy (non-hydrogen) atoms. The van der Waals surface area contributed by atoms with Crippen molar-refractivity contribution in [1.82, 2.24) is 20.2 Å². The second-order valence-electron chi connectivity index (χ2n) is 3.47. The number of rotatable bonds is 5. The molecule has 6 heteroatoms. The molecular formula is C10H15N5O. The molecule has 0 amide bonds. The minimum absolute atomic E-state index is 0.00625. The van der Waals surface area contributed by atoms with Crippen LogP contribution in [0.3, 0.4) is 0 Å². The van der Waals surface area contributed by atoms with Crippen molar-refractivity contribution in [3.05, 3.63) is 36.3 Å². The van der Waals surface area contributed by atoms with Gasteiger partial charge in [-0.05, 0) is 13.0 Å². The molecule has 0 radical (unpaired) electrons. The van der Waals surface area contributed by atoms with Gasteiger partial charge in [-0.1, -0.05) is 0 Å². The molecular weight excluding hydrogens is 206 g/mol. The second kappa shape index (κ2) is 4.91. The van der Waals surface area contributed by atoms with E-state index in [-0.39, 0.29) is 6.04 Å². The fraction of sp³-hybridized carbons (Fsp3) is 0.400. The molecule has 2 aromatic rings. The van der Waals surface area contributed by atoms with Crippen LogP contribution in [-0.2, 0) is 13.0 Å². The zero-order chi connectivity index (χ0) is 11.4. The van der Waals surface area contributed by atoms with Gasteiger partial charge in [-0.25, -0.2) is 4.98 Å². The number of nitrogens with two attached hydrogens (primary N) is 1. The molecule has 2 aromatic heterocycles. The van der Waals surface area contributed by atoms with Gasteiger partial charge in [0.1, 0.15) is 12.2 Å². The van der Waals surface area contributed by atoms with Gasteiger partial charge in [0.25, 0.3) is 0 Å². The molecule has 0 aromatic carbocycles. The number of hydrogen-bond acceptors (Lipinski definition) is 5. The lowest BCUT2D eigenvalue weighted by atomic mass is 10.1. The predicted molar refractivity (Wildman–Crippen MR) is 58.2 cm³/mol. The molecule has 86 valence electrons. The molecule has 6 nitrogen and oxygen atoms in total. The minimum Gasteiger partial charge on any atom is -0.472 e. The summed E-state index contributed by atoms with van der Waals surface area (Å²) >= 11 is 0. The zero-order valence-electron chi connectivity index (χ0n) is 9.13. The summed E-state index contributed by atoms with van der Waals surface area (Å²) in [5.41, 5.74) is 3.76. The topological polar surface area (TPSA) is 81.9 Å². The van der Waals surface area contributed by atoms with E-state index in [0.717, 1.165) is 17.9 Å². The van der Waals surface area contributed by atoms with Gasteiger partial charge >= 0.3 is 0 Å². The lowest BCUT2D eigenvalue weighted by molar-refractivity contribution is 0.499. The van der Waals surface area contributed by atoms with Crippen LogP contribution in [0.25, 0.3) is 0 Å². The Bertz CT molecular complexity index is 422. The molecule has 0 fully saturated rings. The molecule has 0 saturated carbocycles. The van der Waals surface area contributed by atoms with E-state index in [1.165, 1.54) is 0 Å². The summed E-state index contributed by atoms with van der Waals surface area (Å²) in [5, 5.41) is 4.12. The first-order valence-electron chi connectivity index (χ1n) is 5.20. The molecule has 1 atom stereocenters. The Morgan fingerprint density at radius 1 is 1.62 bits per heavy atom. The van der Waals surface area contributed by atoms with E-state index in [0.29, 0.717) is 6.42 Å². The van der Waals surface area contributed by atoms with Crippen LogP contribution >= 0.6 is 0 Å². The van der Waals surface area contributed by atoms with Crippen molar-refractivity contribution < 1.29 is 4.42 Å². The van der Waals surface area contributed by atoms with Crippen molar-refractivity contribution >= 4 is 0 Å². The van der Waals surface area contributed by atoms with Crippen molar-refractivity contribution in [1.29, 1.82) is 0 Å². The van der Waals surface area contributed by atoms with Gasteiger partial charge in [-0.3, -0.25) is 16.0 Å². The number of hydrogen-bond donors (Lipinski definition) is 2. The number of aryl methyl sites for hydroxylation is 1. The Labute approximate surface area is 93.4 Å². The number of nitrogens with zero attached hydrogens (tertiary/aromatic N) is 3. The van der Waals surface area contributed by atoms with Gasteiger partial charge in [0, 0.05) is 18.5 Å². The quantitative estimate of drug-likeness (QED) is 0.572. The first kappa shape index (κ1) is 10.8. The standard InChI is InChI=1S/C10H15N5O/c1-2-15-10(12-7-13-15)5-9(14-11)8-3-4-16-6-8/h3-4,6-7,9,14H,2,5,11H2,1H3. The summed E-state index contributed by atoms with van der Waals surface area (Å²) in [6.07, 6.45) is 5.55. The third kappa shape index (κ3) is 2.12. The maximum absolute atomic E-state index is 5.52. The van der Waals surface area contributed by atoms with E-state index in [1.807, 2.05) is 17.7 Å². The van der Waals surface area contributed by atoms with Crippen molar-refractivity contribution in [2.24, 2.45) is 5.84 Å². The first-order valence-corrected chi connectivity index (χ1v) is 5.20. The fourth-order valence-electron chi connectivity index (χ4n) is 1.64. The third-order valence-corrected chi connectivity index (χ3v) is 2.53. The Kier molecular flexibility index (Phi) is 3.33. The van der Waals surface area contributed by atoms with E-state index in [2.05, 4.69) is 15.5 Å². The Hall–Kier alpha value is -1.66. The Morgan fingerprint density at radius 2 is 2.50 bits per heavy atom.